The maximum Gasteiger partial charge on any atom is 0.203 e. The fourth-order valence-electron chi connectivity index (χ4n) is 1.55. The van der Waals surface area contributed by atoms with Crippen LogP contribution in [0.4, 0.5) is 0 Å². The van der Waals surface area contributed by atoms with E-state index in [1.165, 1.54) is 0 Å². The highest BCUT2D eigenvalue weighted by molar-refractivity contribution is 5.54. The first-order valence-corrected chi connectivity index (χ1v) is 5.69. The summed E-state index contributed by atoms with van der Waals surface area (Å²) in [5.41, 5.74) is 7.60. The minimum Gasteiger partial charge on any atom is -0.395 e. The number of aliphatic hydroxyl groups is 1. The maximum absolute atomic E-state index is 8.89. The fourth-order valence-corrected chi connectivity index (χ4v) is 1.55. The van der Waals surface area contributed by atoms with Gasteiger partial charge in [-0.2, -0.15) is 0 Å². The Morgan fingerprint density at radius 1 is 1.11 bits per heavy atom. The van der Waals surface area contributed by atoms with E-state index in [2.05, 4.69) is 20.4 Å². The van der Waals surface area contributed by atoms with Gasteiger partial charge in [-0.3, -0.25) is 0 Å². The van der Waals surface area contributed by atoms with E-state index >= 15 is 0 Å². The van der Waals surface area contributed by atoms with Crippen molar-refractivity contribution in [3.63, 3.8) is 0 Å². The lowest BCUT2D eigenvalue weighted by Gasteiger charge is -2.08. The van der Waals surface area contributed by atoms with Gasteiger partial charge in [0.15, 0.2) is 5.82 Å². The molecule has 0 amide bonds. The Kier molecular flexibility index (Phi) is 3.91. The molecular formula is C12H15N5O. The fraction of sp³-hybridized carbons (Fsp3) is 0.333. The van der Waals surface area contributed by atoms with Crippen molar-refractivity contribution >= 4 is 0 Å². The van der Waals surface area contributed by atoms with E-state index in [9.17, 15) is 0 Å². The monoisotopic (exact) mass is 245 g/mol. The highest BCUT2D eigenvalue weighted by Crippen LogP contribution is 2.14. The second-order valence-corrected chi connectivity index (χ2v) is 4.11. The Morgan fingerprint density at radius 3 is 2.28 bits per heavy atom. The Morgan fingerprint density at radius 2 is 1.72 bits per heavy atom. The number of rotatable bonds is 4. The maximum atomic E-state index is 8.89. The lowest BCUT2D eigenvalue weighted by molar-refractivity contribution is 0.265. The van der Waals surface area contributed by atoms with Gasteiger partial charge in [0.2, 0.25) is 5.82 Å². The average Bonchev–Trinajstić information content (AvgIpc) is 2.40. The van der Waals surface area contributed by atoms with Gasteiger partial charge in [-0.05, 0) is 18.9 Å². The summed E-state index contributed by atoms with van der Waals surface area (Å²) in [4.78, 5) is 0. The molecule has 1 heterocycles. The number of hydrogen-bond acceptors (Lipinski definition) is 6. The molecule has 2 aromatic rings. The van der Waals surface area contributed by atoms with E-state index in [4.69, 9.17) is 10.8 Å². The summed E-state index contributed by atoms with van der Waals surface area (Å²) in [7, 11) is 0. The second kappa shape index (κ2) is 5.61. The molecule has 0 radical (unpaired) electrons. The van der Waals surface area contributed by atoms with Gasteiger partial charge in [0.25, 0.3) is 0 Å². The molecule has 6 nitrogen and oxygen atoms in total. The van der Waals surface area contributed by atoms with Gasteiger partial charge < -0.3 is 10.8 Å². The molecule has 3 N–H and O–H groups in total. The number of aryl methyl sites for hydroxylation is 1. The normalized spacial score (nSPS) is 12.4. The topological polar surface area (TPSA) is 97.8 Å². The zero-order chi connectivity index (χ0) is 13.0. The van der Waals surface area contributed by atoms with Gasteiger partial charge in [-0.15, -0.1) is 20.4 Å². The van der Waals surface area contributed by atoms with Crippen LogP contribution in [0.3, 0.4) is 0 Å². The molecule has 94 valence electrons. The van der Waals surface area contributed by atoms with Crippen molar-refractivity contribution in [2.75, 3.05) is 6.61 Å². The zero-order valence-electron chi connectivity index (χ0n) is 10.1. The summed E-state index contributed by atoms with van der Waals surface area (Å²) in [6.45, 7) is 1.72. The minimum absolute atomic E-state index is 0.0172. The second-order valence-electron chi connectivity index (χ2n) is 4.11. The van der Waals surface area contributed by atoms with Crippen molar-refractivity contribution in [3.05, 3.63) is 35.7 Å². The van der Waals surface area contributed by atoms with Gasteiger partial charge >= 0.3 is 0 Å². The lowest BCUT2D eigenvalue weighted by Crippen LogP contribution is -2.26. The molecule has 1 atom stereocenters. The third-order valence-electron chi connectivity index (χ3n) is 2.52. The van der Waals surface area contributed by atoms with Crippen LogP contribution in [0.25, 0.3) is 11.4 Å². The highest BCUT2D eigenvalue weighted by atomic mass is 16.3. The first-order valence-electron chi connectivity index (χ1n) is 5.69. The molecule has 0 spiro atoms. The van der Waals surface area contributed by atoms with Crippen LogP contribution in [0.15, 0.2) is 24.3 Å². The van der Waals surface area contributed by atoms with E-state index in [1.807, 2.05) is 24.3 Å². The van der Waals surface area contributed by atoms with Crippen molar-refractivity contribution in [3.8, 4) is 11.4 Å². The van der Waals surface area contributed by atoms with Crippen LogP contribution < -0.4 is 5.73 Å². The molecule has 1 aromatic heterocycles. The summed E-state index contributed by atoms with van der Waals surface area (Å²) in [6, 6.07) is 7.44. The van der Waals surface area contributed by atoms with Crippen LogP contribution in [-0.4, -0.2) is 38.1 Å². The van der Waals surface area contributed by atoms with Gasteiger partial charge in [-0.1, -0.05) is 24.3 Å². The van der Waals surface area contributed by atoms with E-state index in [0.717, 1.165) is 11.1 Å². The first-order chi connectivity index (χ1) is 8.69. The highest BCUT2D eigenvalue weighted by Gasteiger charge is 2.05. The summed E-state index contributed by atoms with van der Waals surface area (Å²) in [5, 5.41) is 24.6. The Labute approximate surface area is 105 Å². The molecule has 0 aliphatic rings. The Hall–Kier alpha value is -1.92. The van der Waals surface area contributed by atoms with Gasteiger partial charge in [0.1, 0.15) is 0 Å². The third kappa shape index (κ3) is 3.06. The molecule has 0 fully saturated rings. The molecular weight excluding hydrogens is 230 g/mol. The molecule has 1 unspecified atom stereocenters. The van der Waals surface area contributed by atoms with Gasteiger partial charge in [0.05, 0.1) is 6.61 Å². The molecule has 2 rings (SSSR count). The van der Waals surface area contributed by atoms with Crippen LogP contribution >= 0.6 is 0 Å². The van der Waals surface area contributed by atoms with Crippen LogP contribution in [0.5, 0.6) is 0 Å². The van der Waals surface area contributed by atoms with Gasteiger partial charge in [-0.25, -0.2) is 0 Å². The molecule has 18 heavy (non-hydrogen) atoms. The standard InChI is InChI=1S/C12H15N5O/c1-8-14-16-12(17-15-8)10-4-2-9(3-5-10)6-11(13)7-18/h2-5,11,18H,6-7,13H2,1H3. The van der Waals surface area contributed by atoms with E-state index in [1.54, 1.807) is 6.92 Å². The van der Waals surface area contributed by atoms with Gasteiger partial charge in [0, 0.05) is 11.6 Å². The van der Waals surface area contributed by atoms with Crippen LogP contribution in [0, 0.1) is 6.92 Å². The summed E-state index contributed by atoms with van der Waals surface area (Å²) < 4.78 is 0. The number of aliphatic hydroxyl groups excluding tert-OH is 1. The van der Waals surface area contributed by atoms with E-state index < -0.39 is 0 Å². The number of aromatic nitrogens is 4. The van der Waals surface area contributed by atoms with Crippen molar-refractivity contribution in [1.29, 1.82) is 0 Å². The van der Waals surface area contributed by atoms with Crippen molar-refractivity contribution < 1.29 is 5.11 Å². The number of nitrogens with zero attached hydrogens (tertiary/aromatic N) is 4. The quantitative estimate of drug-likeness (QED) is 0.793. The summed E-state index contributed by atoms with van der Waals surface area (Å²) >= 11 is 0. The van der Waals surface area contributed by atoms with Crippen molar-refractivity contribution in [2.45, 2.75) is 19.4 Å². The largest absolute Gasteiger partial charge is 0.395 e. The smallest absolute Gasteiger partial charge is 0.203 e. The molecule has 0 aliphatic carbocycles. The average molecular weight is 245 g/mol. The van der Waals surface area contributed by atoms with Crippen LogP contribution in [-0.2, 0) is 6.42 Å². The summed E-state index contributed by atoms with van der Waals surface area (Å²) in [6.07, 6.45) is 0.641. The van der Waals surface area contributed by atoms with Crippen LogP contribution in [0.2, 0.25) is 0 Å². The van der Waals surface area contributed by atoms with Crippen molar-refractivity contribution in [2.24, 2.45) is 5.73 Å². The Balaban J connectivity index is 2.14. The third-order valence-corrected chi connectivity index (χ3v) is 2.52. The number of hydrogen-bond donors (Lipinski definition) is 2. The van der Waals surface area contributed by atoms with E-state index in [-0.39, 0.29) is 12.6 Å². The molecule has 6 heteroatoms. The van der Waals surface area contributed by atoms with Crippen LogP contribution in [0.1, 0.15) is 11.4 Å². The molecule has 0 bridgehead atoms. The van der Waals surface area contributed by atoms with E-state index in [0.29, 0.717) is 18.1 Å². The molecule has 0 saturated heterocycles. The predicted octanol–water partition coefficient (Wildman–Crippen LogP) is 0.104. The number of benzene rings is 1. The molecule has 0 saturated carbocycles. The first kappa shape index (κ1) is 12.5. The zero-order valence-corrected chi connectivity index (χ0v) is 10.1. The molecule has 1 aromatic carbocycles. The lowest BCUT2D eigenvalue weighted by atomic mass is 10.1. The van der Waals surface area contributed by atoms with Crippen molar-refractivity contribution in [1.82, 2.24) is 20.4 Å². The number of nitrogens with two attached hydrogens (primary N) is 1. The Bertz CT molecular complexity index is 497. The predicted molar refractivity (Wildman–Crippen MR) is 66.6 cm³/mol. The summed E-state index contributed by atoms with van der Waals surface area (Å²) in [5.74, 6) is 1.04. The molecule has 0 aliphatic heterocycles. The minimum atomic E-state index is -0.227. The SMILES string of the molecule is Cc1nnc(-c2ccc(CC(N)CO)cc2)nn1.